The lowest BCUT2D eigenvalue weighted by Gasteiger charge is -2.34. The van der Waals surface area contributed by atoms with Crippen LogP contribution < -0.4 is 20.3 Å². The standard InChI is InChI=1S/C26H31N7O4/c1-18-4-7-28-24(30-18)31-19-2-3-21(36-15-12-32-10-13-35-14-11-32)20(16-19)22-17-29-25(37-22)33-9-8-27-23(34)26(33)5-6-26/h2-4,7,16-17H,5-6,8-15H2,1H3,(H,27,34)(H,28,30,31). The van der Waals surface area contributed by atoms with Gasteiger partial charge < -0.3 is 29.4 Å². The molecule has 2 aromatic heterocycles. The van der Waals surface area contributed by atoms with E-state index in [1.165, 1.54) is 0 Å². The molecule has 2 saturated heterocycles. The zero-order valence-electron chi connectivity index (χ0n) is 20.9. The summed E-state index contributed by atoms with van der Waals surface area (Å²) in [6, 6.07) is 8.12. The van der Waals surface area contributed by atoms with Gasteiger partial charge in [-0.3, -0.25) is 9.69 Å². The Kier molecular flexibility index (Phi) is 6.39. The van der Waals surface area contributed by atoms with E-state index in [-0.39, 0.29) is 5.91 Å². The number of aromatic nitrogens is 3. The van der Waals surface area contributed by atoms with Crippen molar-refractivity contribution in [1.82, 2.24) is 25.2 Å². The average molecular weight is 506 g/mol. The first-order chi connectivity index (χ1) is 18.1. The highest BCUT2D eigenvalue weighted by atomic mass is 16.5. The second-order valence-corrected chi connectivity index (χ2v) is 9.61. The van der Waals surface area contributed by atoms with Gasteiger partial charge in [-0.1, -0.05) is 0 Å². The fourth-order valence-corrected chi connectivity index (χ4v) is 4.86. The van der Waals surface area contributed by atoms with Crippen LogP contribution in [0.4, 0.5) is 17.7 Å². The molecule has 194 valence electrons. The quantitative estimate of drug-likeness (QED) is 0.472. The van der Waals surface area contributed by atoms with E-state index in [0.29, 0.717) is 43.2 Å². The van der Waals surface area contributed by atoms with Gasteiger partial charge in [0.05, 0.1) is 25.0 Å². The van der Waals surface area contributed by atoms with Crippen LogP contribution >= 0.6 is 0 Å². The fourth-order valence-electron chi connectivity index (χ4n) is 4.86. The molecule has 3 aliphatic rings. The minimum atomic E-state index is -0.524. The molecule has 3 fully saturated rings. The molecule has 11 nitrogen and oxygen atoms in total. The highest BCUT2D eigenvalue weighted by Crippen LogP contribution is 2.46. The molecule has 1 aliphatic carbocycles. The number of carbonyl (C=O) groups excluding carboxylic acids is 1. The predicted molar refractivity (Wildman–Crippen MR) is 137 cm³/mol. The largest absolute Gasteiger partial charge is 0.491 e. The smallest absolute Gasteiger partial charge is 0.298 e. The van der Waals surface area contributed by atoms with Crippen molar-refractivity contribution in [3.63, 3.8) is 0 Å². The maximum atomic E-state index is 12.5. The lowest BCUT2D eigenvalue weighted by Crippen LogP contribution is -2.57. The van der Waals surface area contributed by atoms with E-state index < -0.39 is 5.54 Å². The Morgan fingerprint density at radius 3 is 2.84 bits per heavy atom. The number of rotatable bonds is 8. The van der Waals surface area contributed by atoms with E-state index in [2.05, 4.69) is 30.5 Å². The molecule has 0 atom stereocenters. The Bertz CT molecular complexity index is 1270. The van der Waals surface area contributed by atoms with E-state index in [0.717, 1.165) is 62.6 Å². The second kappa shape index (κ2) is 9.98. The van der Waals surface area contributed by atoms with Crippen LogP contribution in [0, 0.1) is 6.92 Å². The fraction of sp³-hybridized carbons (Fsp3) is 0.462. The summed E-state index contributed by atoms with van der Waals surface area (Å²) in [5, 5.41) is 6.23. The molecular formula is C26H31N7O4. The first-order valence-corrected chi connectivity index (χ1v) is 12.8. The Hall–Kier alpha value is -3.70. The molecule has 0 unspecified atom stereocenters. The van der Waals surface area contributed by atoms with Gasteiger partial charge >= 0.3 is 0 Å². The Morgan fingerprint density at radius 1 is 1.16 bits per heavy atom. The van der Waals surface area contributed by atoms with Crippen LogP contribution in [0.15, 0.2) is 41.1 Å². The maximum Gasteiger partial charge on any atom is 0.298 e. The third kappa shape index (κ3) is 4.96. The number of hydrogen-bond acceptors (Lipinski definition) is 10. The van der Waals surface area contributed by atoms with E-state index >= 15 is 0 Å². The highest BCUT2D eigenvalue weighted by molar-refractivity contribution is 5.93. The van der Waals surface area contributed by atoms with Gasteiger partial charge in [-0.2, -0.15) is 0 Å². The molecule has 6 rings (SSSR count). The average Bonchev–Trinajstić information content (AvgIpc) is 3.54. The topological polar surface area (TPSA) is 118 Å². The number of oxazole rings is 1. The molecule has 1 spiro atoms. The number of benzene rings is 1. The molecule has 3 aromatic rings. The summed E-state index contributed by atoms with van der Waals surface area (Å²) >= 11 is 0. The monoisotopic (exact) mass is 505 g/mol. The SMILES string of the molecule is Cc1ccnc(Nc2ccc(OCCN3CCOCC3)c(-c3cnc(N4CCNC(=O)C45CC5)o3)c2)n1. The van der Waals surface area contributed by atoms with Crippen molar-refractivity contribution in [2.24, 2.45) is 0 Å². The second-order valence-electron chi connectivity index (χ2n) is 9.61. The van der Waals surface area contributed by atoms with Gasteiger partial charge in [-0.05, 0) is 44.0 Å². The number of amides is 1. The first-order valence-electron chi connectivity index (χ1n) is 12.8. The van der Waals surface area contributed by atoms with E-state index in [1.54, 1.807) is 12.4 Å². The molecule has 0 bridgehead atoms. The van der Waals surface area contributed by atoms with Gasteiger partial charge in [0.15, 0.2) is 5.76 Å². The van der Waals surface area contributed by atoms with Crippen LogP contribution in [0.5, 0.6) is 5.75 Å². The van der Waals surface area contributed by atoms with Crippen molar-refractivity contribution in [2.45, 2.75) is 25.3 Å². The minimum absolute atomic E-state index is 0.0509. The van der Waals surface area contributed by atoms with Crippen molar-refractivity contribution in [3.8, 4) is 17.1 Å². The van der Waals surface area contributed by atoms with Crippen LogP contribution in [0.1, 0.15) is 18.5 Å². The van der Waals surface area contributed by atoms with Gasteiger partial charge in [0.25, 0.3) is 6.01 Å². The predicted octanol–water partition coefficient (Wildman–Crippen LogP) is 2.36. The highest BCUT2D eigenvalue weighted by Gasteiger charge is 2.57. The summed E-state index contributed by atoms with van der Waals surface area (Å²) in [5.74, 6) is 1.84. The molecule has 1 aromatic carbocycles. The summed E-state index contributed by atoms with van der Waals surface area (Å²) in [4.78, 5) is 30.1. The molecule has 0 radical (unpaired) electrons. The normalized spacial score (nSPS) is 19.1. The lowest BCUT2D eigenvalue weighted by molar-refractivity contribution is -0.124. The molecule has 4 heterocycles. The van der Waals surface area contributed by atoms with Gasteiger partial charge in [0.1, 0.15) is 17.9 Å². The molecule has 2 aliphatic heterocycles. The summed E-state index contributed by atoms with van der Waals surface area (Å²) in [6.45, 7) is 7.84. The summed E-state index contributed by atoms with van der Waals surface area (Å²) in [5.41, 5.74) is 1.92. The van der Waals surface area contributed by atoms with Crippen LogP contribution in [-0.4, -0.2) is 83.8 Å². The molecule has 1 saturated carbocycles. The van der Waals surface area contributed by atoms with Crippen molar-refractivity contribution in [1.29, 1.82) is 0 Å². The number of nitrogens with zero attached hydrogens (tertiary/aromatic N) is 5. The minimum Gasteiger partial charge on any atom is -0.491 e. The Balaban J connectivity index is 1.26. The van der Waals surface area contributed by atoms with Crippen LogP contribution in [0.2, 0.25) is 0 Å². The van der Waals surface area contributed by atoms with Gasteiger partial charge in [-0.15, -0.1) is 0 Å². The number of hydrogen-bond donors (Lipinski definition) is 2. The first kappa shape index (κ1) is 23.7. The number of piperazine rings is 1. The molecular weight excluding hydrogens is 474 g/mol. The number of anilines is 3. The number of morpholine rings is 1. The van der Waals surface area contributed by atoms with E-state index in [4.69, 9.17) is 13.9 Å². The van der Waals surface area contributed by atoms with Gasteiger partial charge in [-0.25, -0.2) is 15.0 Å². The summed E-state index contributed by atoms with van der Waals surface area (Å²) in [6.07, 6.45) is 5.04. The van der Waals surface area contributed by atoms with Crippen LogP contribution in [-0.2, 0) is 9.53 Å². The Labute approximate surface area is 215 Å². The van der Waals surface area contributed by atoms with Crippen LogP contribution in [0.3, 0.4) is 0 Å². The number of nitrogens with one attached hydrogen (secondary N) is 2. The number of carbonyl (C=O) groups is 1. The van der Waals surface area contributed by atoms with Crippen molar-refractivity contribution >= 4 is 23.6 Å². The van der Waals surface area contributed by atoms with Gasteiger partial charge in [0.2, 0.25) is 11.9 Å². The molecule has 2 N–H and O–H groups in total. The summed E-state index contributed by atoms with van der Waals surface area (Å²) < 4.78 is 17.9. The van der Waals surface area contributed by atoms with Crippen LogP contribution in [0.25, 0.3) is 11.3 Å². The number of aryl methyl sites for hydroxylation is 1. The number of ether oxygens (including phenoxy) is 2. The van der Waals surface area contributed by atoms with E-state index in [1.807, 2.05) is 36.1 Å². The molecule has 37 heavy (non-hydrogen) atoms. The zero-order chi connectivity index (χ0) is 25.2. The van der Waals surface area contributed by atoms with Gasteiger partial charge in [0, 0.05) is 50.3 Å². The lowest BCUT2D eigenvalue weighted by atomic mass is 10.1. The zero-order valence-corrected chi connectivity index (χ0v) is 20.9. The maximum absolute atomic E-state index is 12.5. The third-order valence-corrected chi connectivity index (χ3v) is 7.07. The van der Waals surface area contributed by atoms with Crippen molar-refractivity contribution < 1.29 is 18.7 Å². The van der Waals surface area contributed by atoms with Crippen molar-refractivity contribution in [3.05, 3.63) is 42.4 Å². The van der Waals surface area contributed by atoms with Crippen molar-refractivity contribution in [2.75, 3.05) is 62.8 Å². The van der Waals surface area contributed by atoms with E-state index in [9.17, 15) is 4.79 Å². The third-order valence-electron chi connectivity index (χ3n) is 7.07. The molecule has 11 heteroatoms. The Morgan fingerprint density at radius 2 is 2.03 bits per heavy atom. The molecule has 1 amide bonds. The summed E-state index contributed by atoms with van der Waals surface area (Å²) in [7, 11) is 0.